The van der Waals surface area contributed by atoms with Gasteiger partial charge < -0.3 is 11.1 Å². The molecule has 1 aliphatic carbocycles. The summed E-state index contributed by atoms with van der Waals surface area (Å²) in [6, 6.07) is 0.987. The Kier molecular flexibility index (Phi) is 4.40. The lowest BCUT2D eigenvalue weighted by Crippen LogP contribution is -2.21. The van der Waals surface area contributed by atoms with E-state index >= 15 is 0 Å². The van der Waals surface area contributed by atoms with E-state index in [2.05, 4.69) is 17.2 Å². The highest BCUT2D eigenvalue weighted by atomic mass is 19.4. The summed E-state index contributed by atoms with van der Waals surface area (Å²) in [5.41, 5.74) is 5.34. The lowest BCUT2D eigenvalue weighted by molar-refractivity contribution is -0.141. The molecule has 0 atom stereocenters. The maximum atomic E-state index is 12.6. The van der Waals surface area contributed by atoms with Crippen LogP contribution < -0.4 is 11.1 Å². The highest BCUT2D eigenvalue weighted by Crippen LogP contribution is 2.32. The van der Waals surface area contributed by atoms with Gasteiger partial charge in [-0.25, -0.2) is 4.98 Å². The molecule has 3 nitrogen and oxygen atoms in total. The van der Waals surface area contributed by atoms with Gasteiger partial charge in [0.1, 0.15) is 5.69 Å². The van der Waals surface area contributed by atoms with Gasteiger partial charge in [-0.3, -0.25) is 0 Å². The van der Waals surface area contributed by atoms with Gasteiger partial charge in [-0.1, -0.05) is 19.8 Å². The third-order valence-electron chi connectivity index (χ3n) is 3.94. The third-order valence-corrected chi connectivity index (χ3v) is 3.94. The van der Waals surface area contributed by atoms with Gasteiger partial charge in [0.25, 0.3) is 0 Å². The van der Waals surface area contributed by atoms with Crippen molar-refractivity contribution >= 4 is 11.4 Å². The van der Waals surface area contributed by atoms with Crippen molar-refractivity contribution in [3.05, 3.63) is 18.0 Å². The van der Waals surface area contributed by atoms with Crippen molar-refractivity contribution in [3.63, 3.8) is 0 Å². The van der Waals surface area contributed by atoms with E-state index in [1.54, 1.807) is 0 Å². The van der Waals surface area contributed by atoms with Crippen molar-refractivity contribution in [3.8, 4) is 0 Å². The van der Waals surface area contributed by atoms with Crippen molar-refractivity contribution in [2.24, 2.45) is 11.8 Å². The number of aromatic nitrogens is 1. The summed E-state index contributed by atoms with van der Waals surface area (Å²) in [5.74, 6) is 1.27. The van der Waals surface area contributed by atoms with Gasteiger partial charge in [0, 0.05) is 6.54 Å². The Morgan fingerprint density at radius 1 is 1.30 bits per heavy atom. The average molecular weight is 287 g/mol. The molecule has 0 aromatic carbocycles. The van der Waals surface area contributed by atoms with Crippen molar-refractivity contribution in [2.75, 3.05) is 17.6 Å². The van der Waals surface area contributed by atoms with Crippen LogP contribution >= 0.6 is 0 Å². The predicted molar refractivity (Wildman–Crippen MR) is 73.3 cm³/mol. The van der Waals surface area contributed by atoms with Gasteiger partial charge in [0.05, 0.1) is 17.6 Å². The number of anilines is 2. The zero-order valence-electron chi connectivity index (χ0n) is 11.5. The van der Waals surface area contributed by atoms with E-state index in [0.29, 0.717) is 18.2 Å². The molecule has 0 amide bonds. The van der Waals surface area contributed by atoms with Crippen LogP contribution in [0.1, 0.15) is 38.3 Å². The van der Waals surface area contributed by atoms with Gasteiger partial charge in [0.15, 0.2) is 0 Å². The Morgan fingerprint density at radius 3 is 2.55 bits per heavy atom. The normalized spacial score (nSPS) is 23.6. The first kappa shape index (κ1) is 14.9. The lowest BCUT2D eigenvalue weighted by Gasteiger charge is -2.26. The molecule has 1 heterocycles. The SMILES string of the molecule is CC1CCC(CNc2cc(C(F)(F)F)ncc2N)CC1. The summed E-state index contributed by atoms with van der Waals surface area (Å²) >= 11 is 0. The lowest BCUT2D eigenvalue weighted by atomic mass is 9.83. The van der Waals surface area contributed by atoms with Gasteiger partial charge in [-0.15, -0.1) is 0 Å². The molecule has 0 aliphatic heterocycles. The molecule has 1 aromatic heterocycles. The smallest absolute Gasteiger partial charge is 0.396 e. The Morgan fingerprint density at radius 2 is 1.95 bits per heavy atom. The molecule has 0 bridgehead atoms. The molecule has 0 saturated heterocycles. The Balaban J connectivity index is 1.98. The minimum Gasteiger partial charge on any atom is -0.396 e. The number of halogens is 3. The van der Waals surface area contributed by atoms with Gasteiger partial charge in [0.2, 0.25) is 0 Å². The molecule has 0 unspecified atom stereocenters. The largest absolute Gasteiger partial charge is 0.433 e. The number of nitrogens with zero attached hydrogens (tertiary/aromatic N) is 1. The fourth-order valence-corrected chi connectivity index (χ4v) is 2.56. The number of nitrogens with one attached hydrogen (secondary N) is 1. The van der Waals surface area contributed by atoms with Crippen LogP contribution in [-0.4, -0.2) is 11.5 Å². The van der Waals surface area contributed by atoms with Crippen LogP contribution in [0.4, 0.5) is 24.5 Å². The maximum Gasteiger partial charge on any atom is 0.433 e. The van der Waals surface area contributed by atoms with Gasteiger partial charge in [-0.2, -0.15) is 13.2 Å². The number of alkyl halides is 3. The summed E-state index contributed by atoms with van der Waals surface area (Å²) in [5, 5.41) is 3.04. The van der Waals surface area contributed by atoms with Crippen molar-refractivity contribution in [2.45, 2.75) is 38.8 Å². The average Bonchev–Trinajstić information content (AvgIpc) is 2.38. The molecule has 3 N–H and O–H groups in total. The van der Waals surface area contributed by atoms with Crippen LogP contribution in [0, 0.1) is 11.8 Å². The van der Waals surface area contributed by atoms with Crippen LogP contribution in [0.5, 0.6) is 0 Å². The zero-order valence-corrected chi connectivity index (χ0v) is 11.5. The number of nitrogen functional groups attached to an aromatic ring is 1. The fraction of sp³-hybridized carbons (Fsp3) is 0.643. The summed E-state index contributed by atoms with van der Waals surface area (Å²) in [6.07, 6.45) is 1.23. The van der Waals surface area contributed by atoms with Gasteiger partial charge >= 0.3 is 6.18 Å². The van der Waals surface area contributed by atoms with E-state index in [-0.39, 0.29) is 5.69 Å². The number of hydrogen-bond donors (Lipinski definition) is 2. The quantitative estimate of drug-likeness (QED) is 0.886. The summed E-state index contributed by atoms with van der Waals surface area (Å²) in [6.45, 7) is 2.90. The topological polar surface area (TPSA) is 50.9 Å². The van der Waals surface area contributed by atoms with E-state index in [9.17, 15) is 13.2 Å². The molecule has 6 heteroatoms. The number of pyridine rings is 1. The first-order valence-electron chi connectivity index (χ1n) is 6.93. The minimum absolute atomic E-state index is 0.252. The number of hydrogen-bond acceptors (Lipinski definition) is 3. The van der Waals surface area contributed by atoms with E-state index < -0.39 is 11.9 Å². The van der Waals surface area contributed by atoms with Crippen LogP contribution in [-0.2, 0) is 6.18 Å². The predicted octanol–water partition coefficient (Wildman–Crippen LogP) is 3.92. The first-order chi connectivity index (χ1) is 9.36. The second kappa shape index (κ2) is 5.89. The second-order valence-electron chi connectivity index (χ2n) is 5.66. The van der Waals surface area contributed by atoms with E-state index in [1.165, 1.54) is 12.8 Å². The van der Waals surface area contributed by atoms with Crippen LogP contribution in [0.2, 0.25) is 0 Å². The second-order valence-corrected chi connectivity index (χ2v) is 5.66. The maximum absolute atomic E-state index is 12.6. The molecule has 1 aromatic rings. The molecule has 2 rings (SSSR count). The van der Waals surface area contributed by atoms with Crippen molar-refractivity contribution in [1.29, 1.82) is 0 Å². The van der Waals surface area contributed by atoms with Gasteiger partial charge in [-0.05, 0) is 30.7 Å². The Hall–Kier alpha value is -1.46. The van der Waals surface area contributed by atoms with E-state index in [4.69, 9.17) is 5.73 Å². The highest BCUT2D eigenvalue weighted by molar-refractivity contribution is 5.65. The minimum atomic E-state index is -4.44. The third kappa shape index (κ3) is 3.77. The number of rotatable bonds is 3. The fourth-order valence-electron chi connectivity index (χ4n) is 2.56. The number of nitrogens with two attached hydrogens (primary N) is 1. The molecule has 0 spiro atoms. The molecular weight excluding hydrogens is 267 g/mol. The summed E-state index contributed by atoms with van der Waals surface area (Å²) in [7, 11) is 0. The molecule has 1 saturated carbocycles. The van der Waals surface area contributed by atoms with Crippen LogP contribution in [0.3, 0.4) is 0 Å². The summed E-state index contributed by atoms with van der Waals surface area (Å²) < 4.78 is 37.8. The summed E-state index contributed by atoms with van der Waals surface area (Å²) in [4.78, 5) is 3.32. The molecule has 0 radical (unpaired) electrons. The Bertz CT molecular complexity index is 451. The van der Waals surface area contributed by atoms with Crippen LogP contribution in [0.15, 0.2) is 12.3 Å². The molecule has 20 heavy (non-hydrogen) atoms. The van der Waals surface area contributed by atoms with Crippen molar-refractivity contribution < 1.29 is 13.2 Å². The standard InChI is InChI=1S/C14H20F3N3/c1-9-2-4-10(5-3-9)7-19-12-6-13(14(15,16)17)20-8-11(12)18/h6,8-10H,2-5,7,18H2,1H3,(H,19,20). The first-order valence-corrected chi connectivity index (χ1v) is 6.93. The molecule has 112 valence electrons. The molecule has 1 fully saturated rings. The van der Waals surface area contributed by atoms with E-state index in [0.717, 1.165) is 31.0 Å². The Labute approximate surface area is 116 Å². The zero-order chi connectivity index (χ0) is 14.8. The molecular formula is C14H20F3N3. The highest BCUT2D eigenvalue weighted by Gasteiger charge is 2.33. The van der Waals surface area contributed by atoms with E-state index in [1.807, 2.05) is 0 Å². The van der Waals surface area contributed by atoms with Crippen LogP contribution in [0.25, 0.3) is 0 Å². The monoisotopic (exact) mass is 287 g/mol. The van der Waals surface area contributed by atoms with Crippen molar-refractivity contribution in [1.82, 2.24) is 4.98 Å². The molecule has 1 aliphatic rings.